The summed E-state index contributed by atoms with van der Waals surface area (Å²) in [6.45, 7) is 0.684. The number of para-hydroxylation sites is 1. The summed E-state index contributed by atoms with van der Waals surface area (Å²) in [5, 5.41) is 3.37. The molecule has 4 rings (SSSR count). The summed E-state index contributed by atoms with van der Waals surface area (Å²) in [4.78, 5) is 4.70. The minimum Gasteiger partial charge on any atom is -0.493 e. The molecular formula is C19H20BrN3O. The Bertz CT molecular complexity index is 759. The van der Waals surface area contributed by atoms with Crippen LogP contribution in [0, 0.1) is 0 Å². The van der Waals surface area contributed by atoms with Crippen molar-refractivity contribution in [1.29, 1.82) is 0 Å². The van der Waals surface area contributed by atoms with E-state index in [1.165, 1.54) is 5.56 Å². The van der Waals surface area contributed by atoms with Gasteiger partial charge in [-0.3, -0.25) is 0 Å². The fourth-order valence-corrected chi connectivity index (χ4v) is 3.55. The molecule has 0 amide bonds. The Morgan fingerprint density at radius 3 is 2.79 bits per heavy atom. The maximum Gasteiger partial charge on any atom is 0.189 e. The average Bonchev–Trinajstić information content (AvgIpc) is 3.35. The molecule has 1 heterocycles. The molecule has 24 heavy (non-hydrogen) atoms. The third-order valence-corrected chi connectivity index (χ3v) is 5.17. The molecule has 3 atom stereocenters. The molecule has 0 aromatic heterocycles. The van der Waals surface area contributed by atoms with E-state index in [4.69, 9.17) is 15.5 Å². The normalized spacial score (nSPS) is 25.5. The third kappa shape index (κ3) is 3.26. The van der Waals surface area contributed by atoms with Crippen LogP contribution >= 0.6 is 15.9 Å². The predicted octanol–water partition coefficient (Wildman–Crippen LogP) is 3.73. The van der Waals surface area contributed by atoms with E-state index in [2.05, 4.69) is 51.6 Å². The molecule has 2 aromatic carbocycles. The van der Waals surface area contributed by atoms with Gasteiger partial charge in [0.2, 0.25) is 0 Å². The van der Waals surface area contributed by atoms with Crippen molar-refractivity contribution in [2.75, 3.05) is 6.61 Å². The summed E-state index contributed by atoms with van der Waals surface area (Å²) in [6, 6.07) is 17.0. The number of ether oxygens (including phenoxy) is 1. The monoisotopic (exact) mass is 385 g/mol. The molecule has 1 aliphatic carbocycles. The molecule has 0 spiro atoms. The Hall–Kier alpha value is -2.01. The maximum absolute atomic E-state index is 6.16. The highest BCUT2D eigenvalue weighted by Crippen LogP contribution is 2.41. The Morgan fingerprint density at radius 1 is 1.17 bits per heavy atom. The topological polar surface area (TPSA) is 59.6 Å². The number of rotatable bonds is 3. The summed E-state index contributed by atoms with van der Waals surface area (Å²) < 4.78 is 6.79. The van der Waals surface area contributed by atoms with Gasteiger partial charge in [0.15, 0.2) is 5.96 Å². The highest BCUT2D eigenvalue weighted by Gasteiger charge is 2.38. The van der Waals surface area contributed by atoms with E-state index in [0.29, 0.717) is 24.5 Å². The van der Waals surface area contributed by atoms with Gasteiger partial charge in [0.25, 0.3) is 0 Å². The Labute approximate surface area is 150 Å². The number of nitrogens with zero attached hydrogens (tertiary/aromatic N) is 1. The molecule has 5 heteroatoms. The van der Waals surface area contributed by atoms with E-state index in [9.17, 15) is 0 Å². The second kappa shape index (κ2) is 6.48. The highest BCUT2D eigenvalue weighted by atomic mass is 79.9. The first-order chi connectivity index (χ1) is 11.7. The molecule has 124 valence electrons. The summed E-state index contributed by atoms with van der Waals surface area (Å²) in [5.74, 6) is 1.97. The molecule has 0 radical (unpaired) electrons. The van der Waals surface area contributed by atoms with Crippen molar-refractivity contribution in [2.45, 2.75) is 30.8 Å². The number of benzene rings is 2. The predicted molar refractivity (Wildman–Crippen MR) is 99.3 cm³/mol. The molecule has 0 bridgehead atoms. The number of nitrogens with two attached hydrogens (primary N) is 1. The zero-order chi connectivity index (χ0) is 16.5. The van der Waals surface area contributed by atoms with E-state index in [1.807, 2.05) is 18.2 Å². The summed E-state index contributed by atoms with van der Waals surface area (Å²) in [7, 11) is 0. The Kier molecular flexibility index (Phi) is 4.19. The molecular weight excluding hydrogens is 366 g/mol. The first-order valence-corrected chi connectivity index (χ1v) is 9.07. The van der Waals surface area contributed by atoms with Crippen LogP contribution in [0.15, 0.2) is 58.0 Å². The largest absolute Gasteiger partial charge is 0.493 e. The van der Waals surface area contributed by atoms with Crippen molar-refractivity contribution >= 4 is 21.9 Å². The van der Waals surface area contributed by atoms with E-state index in [0.717, 1.165) is 28.6 Å². The van der Waals surface area contributed by atoms with Crippen LogP contribution in [-0.2, 0) is 0 Å². The molecule has 2 aliphatic rings. The van der Waals surface area contributed by atoms with Gasteiger partial charge in [0.1, 0.15) is 5.75 Å². The van der Waals surface area contributed by atoms with Crippen molar-refractivity contribution in [1.82, 2.24) is 5.32 Å². The van der Waals surface area contributed by atoms with E-state index < -0.39 is 0 Å². The van der Waals surface area contributed by atoms with Gasteiger partial charge in [-0.1, -0.05) is 46.3 Å². The van der Waals surface area contributed by atoms with Crippen LogP contribution in [0.4, 0.5) is 0 Å². The molecule has 1 unspecified atom stereocenters. The Balaban J connectivity index is 1.41. The number of fused-ring (bicyclic) bond motifs is 1. The lowest BCUT2D eigenvalue weighted by atomic mass is 10.0. The fourth-order valence-electron chi connectivity index (χ4n) is 3.29. The SMILES string of the molecule is NC(=NC1CCOc2ccccc21)N[C@@H]1C[C@H]1c1ccc(Br)cc1. The van der Waals surface area contributed by atoms with Gasteiger partial charge >= 0.3 is 0 Å². The lowest BCUT2D eigenvalue weighted by molar-refractivity contribution is 0.269. The molecule has 1 saturated carbocycles. The van der Waals surface area contributed by atoms with Crippen molar-refractivity contribution in [2.24, 2.45) is 10.7 Å². The number of hydrogen-bond acceptors (Lipinski definition) is 2. The van der Waals surface area contributed by atoms with Crippen LogP contribution in [0.1, 0.15) is 35.9 Å². The smallest absolute Gasteiger partial charge is 0.189 e. The zero-order valence-corrected chi connectivity index (χ0v) is 14.9. The van der Waals surface area contributed by atoms with Crippen LogP contribution < -0.4 is 15.8 Å². The van der Waals surface area contributed by atoms with Crippen LogP contribution in [0.5, 0.6) is 5.75 Å². The Morgan fingerprint density at radius 2 is 1.96 bits per heavy atom. The first kappa shape index (κ1) is 15.5. The van der Waals surface area contributed by atoms with Gasteiger partial charge in [-0.05, 0) is 30.2 Å². The van der Waals surface area contributed by atoms with E-state index in [-0.39, 0.29) is 6.04 Å². The molecule has 0 saturated heterocycles. The van der Waals surface area contributed by atoms with Crippen LogP contribution in [0.3, 0.4) is 0 Å². The van der Waals surface area contributed by atoms with Gasteiger partial charge in [-0.2, -0.15) is 0 Å². The standard InChI is InChI=1S/C19H20BrN3O/c20-13-7-5-12(6-8-13)15-11-17(15)23-19(21)22-16-9-10-24-18-4-2-1-3-14(16)18/h1-8,15-17H,9-11H2,(H3,21,22,23)/t15-,16?,17+/m0/s1. The van der Waals surface area contributed by atoms with E-state index >= 15 is 0 Å². The van der Waals surface area contributed by atoms with Crippen molar-refractivity contribution < 1.29 is 4.74 Å². The van der Waals surface area contributed by atoms with Crippen molar-refractivity contribution in [3.8, 4) is 5.75 Å². The van der Waals surface area contributed by atoms with Gasteiger partial charge in [-0.15, -0.1) is 0 Å². The number of nitrogens with one attached hydrogen (secondary N) is 1. The number of hydrogen-bond donors (Lipinski definition) is 2. The third-order valence-electron chi connectivity index (χ3n) is 4.64. The van der Waals surface area contributed by atoms with Crippen LogP contribution in [0.2, 0.25) is 0 Å². The molecule has 4 nitrogen and oxygen atoms in total. The van der Waals surface area contributed by atoms with Crippen LogP contribution in [0.25, 0.3) is 0 Å². The van der Waals surface area contributed by atoms with Gasteiger partial charge in [0.05, 0.1) is 12.6 Å². The van der Waals surface area contributed by atoms with Crippen molar-refractivity contribution in [3.63, 3.8) is 0 Å². The molecule has 1 fully saturated rings. The maximum atomic E-state index is 6.16. The number of aliphatic imine (C=N–C) groups is 1. The quantitative estimate of drug-likeness (QED) is 0.624. The second-order valence-electron chi connectivity index (χ2n) is 6.35. The van der Waals surface area contributed by atoms with Gasteiger partial charge in [-0.25, -0.2) is 4.99 Å². The van der Waals surface area contributed by atoms with Crippen molar-refractivity contribution in [3.05, 3.63) is 64.1 Å². The lowest BCUT2D eigenvalue weighted by Crippen LogP contribution is -2.35. The lowest BCUT2D eigenvalue weighted by Gasteiger charge is -2.23. The summed E-state index contributed by atoms with van der Waals surface area (Å²) >= 11 is 3.47. The van der Waals surface area contributed by atoms with Crippen LogP contribution in [-0.4, -0.2) is 18.6 Å². The second-order valence-corrected chi connectivity index (χ2v) is 7.27. The summed E-state index contributed by atoms with van der Waals surface area (Å²) in [5.41, 5.74) is 8.62. The summed E-state index contributed by atoms with van der Waals surface area (Å²) in [6.07, 6.45) is 1.96. The molecule has 1 aliphatic heterocycles. The zero-order valence-electron chi connectivity index (χ0n) is 13.3. The highest BCUT2D eigenvalue weighted by molar-refractivity contribution is 9.10. The number of guanidine groups is 1. The van der Waals surface area contributed by atoms with E-state index in [1.54, 1.807) is 0 Å². The average molecular weight is 386 g/mol. The molecule has 2 aromatic rings. The minimum atomic E-state index is 0.0762. The minimum absolute atomic E-state index is 0.0762. The van der Waals surface area contributed by atoms with Gasteiger partial charge < -0.3 is 15.8 Å². The fraction of sp³-hybridized carbons (Fsp3) is 0.316. The number of halogens is 1. The molecule has 3 N–H and O–H groups in total. The first-order valence-electron chi connectivity index (χ1n) is 8.28. The van der Waals surface area contributed by atoms with Gasteiger partial charge in [0, 0.05) is 28.4 Å².